The first-order valence-electron chi connectivity index (χ1n) is 27.5. The van der Waals surface area contributed by atoms with E-state index in [1.807, 2.05) is 194 Å². The Kier molecular flexibility index (Phi) is 10.2. The zero-order valence-corrected chi connectivity index (χ0v) is 43.8. The van der Waals surface area contributed by atoms with Crippen molar-refractivity contribution < 1.29 is 25.2 Å². The van der Waals surface area contributed by atoms with Gasteiger partial charge in [0.1, 0.15) is 33.9 Å². The molecule has 4 aliphatic rings. The number of aliphatic hydroxyl groups is 4. The minimum atomic E-state index is -1.44. The van der Waals surface area contributed by atoms with Crippen molar-refractivity contribution in [1.29, 1.82) is 0 Å². The summed E-state index contributed by atoms with van der Waals surface area (Å²) < 4.78 is 6.40. The summed E-state index contributed by atoms with van der Waals surface area (Å²) in [5, 5.41) is 51.2. The van der Waals surface area contributed by atoms with Gasteiger partial charge >= 0.3 is 0 Å². The first-order chi connectivity index (χ1) is 39.7. The van der Waals surface area contributed by atoms with E-state index in [2.05, 4.69) is 84.9 Å². The molecule has 0 bridgehead atoms. The summed E-state index contributed by atoms with van der Waals surface area (Å²) in [5.74, 6) is 1.24. The van der Waals surface area contributed by atoms with Gasteiger partial charge in [0.05, 0.1) is 0 Å². The minimum absolute atomic E-state index is 0.616. The molecule has 2 atom stereocenters. The molecule has 0 fully saturated rings. The second-order valence-corrected chi connectivity index (χ2v) is 21.9. The summed E-state index contributed by atoms with van der Waals surface area (Å²) >= 11 is 0. The third-order valence-electron chi connectivity index (χ3n) is 17.9. The second kappa shape index (κ2) is 17.4. The Hall–Kier alpha value is -9.72. The standard InChI is InChI=1S/C76H50O5/c77-73(64-21-7-1-14-57(64)58-15-2-8-22-65(58)73)50-33-28-47(29-34-50)48-30-35-51(36-31-48)76(80)69-26-12-6-19-62(69)72-56(20-13-27-71(72)76)49-32-45-70-63(46-49)61-18-5-11-25-68(61)75(70,79)53-39-43-55(44-40-53)81-54-41-37-52(38-42-54)74(78)66-23-9-3-16-59(66)60-17-4-10-24-67(60)74/h1-46,77-80H. The highest BCUT2D eigenvalue weighted by atomic mass is 16.5. The van der Waals surface area contributed by atoms with Crippen molar-refractivity contribution >= 4 is 0 Å². The lowest BCUT2D eigenvalue weighted by atomic mass is 9.82. The molecule has 0 saturated heterocycles. The lowest BCUT2D eigenvalue weighted by Gasteiger charge is -2.27. The van der Waals surface area contributed by atoms with Crippen LogP contribution >= 0.6 is 0 Å². The van der Waals surface area contributed by atoms with Gasteiger partial charge in [0.2, 0.25) is 0 Å². The predicted molar refractivity (Wildman–Crippen MR) is 320 cm³/mol. The molecule has 5 nitrogen and oxygen atoms in total. The maximum Gasteiger partial charge on any atom is 0.141 e. The van der Waals surface area contributed by atoms with E-state index in [1.165, 1.54) is 0 Å². The highest BCUT2D eigenvalue weighted by Gasteiger charge is 2.47. The largest absolute Gasteiger partial charge is 0.457 e. The van der Waals surface area contributed by atoms with Crippen LogP contribution in [0, 0.1) is 0 Å². The van der Waals surface area contributed by atoms with E-state index in [0.29, 0.717) is 17.1 Å². The van der Waals surface area contributed by atoms with Crippen LogP contribution < -0.4 is 4.74 Å². The van der Waals surface area contributed by atoms with Gasteiger partial charge in [0.15, 0.2) is 0 Å². The number of hydrogen-bond donors (Lipinski definition) is 4. The van der Waals surface area contributed by atoms with Crippen LogP contribution in [0.1, 0.15) is 66.8 Å². The smallest absolute Gasteiger partial charge is 0.141 e. The van der Waals surface area contributed by atoms with E-state index < -0.39 is 22.4 Å². The molecular formula is C76H50O5. The van der Waals surface area contributed by atoms with E-state index in [0.717, 1.165) is 128 Å². The molecular weight excluding hydrogens is 993 g/mol. The fourth-order valence-corrected chi connectivity index (χ4v) is 14.1. The highest BCUT2D eigenvalue weighted by molar-refractivity contribution is 5.96. The summed E-state index contributed by atoms with van der Waals surface area (Å²) in [6.07, 6.45) is 0. The molecule has 81 heavy (non-hydrogen) atoms. The number of fused-ring (bicyclic) bond motifs is 12. The van der Waals surface area contributed by atoms with Gasteiger partial charge in [0, 0.05) is 44.5 Å². The molecule has 2 unspecified atom stereocenters. The third kappa shape index (κ3) is 6.57. The van der Waals surface area contributed by atoms with Crippen LogP contribution in [-0.2, 0) is 22.4 Å². The van der Waals surface area contributed by atoms with Crippen molar-refractivity contribution in [2.24, 2.45) is 0 Å². The van der Waals surface area contributed by atoms with Gasteiger partial charge in [-0.05, 0) is 119 Å². The quantitative estimate of drug-likeness (QED) is 0.122. The Morgan fingerprint density at radius 3 is 0.877 bits per heavy atom. The van der Waals surface area contributed by atoms with Gasteiger partial charge in [-0.3, -0.25) is 0 Å². The SMILES string of the molecule is OC1(c2ccc(Oc3ccc(C4(O)c5ccccc5-c5cc(-c6cccc7c6-c6ccccc6C7(O)c6ccc(-c7ccc(C8(O)c9ccccc9-c9ccccc98)cc7)cc6)ccc54)cc3)cc2)c2ccccc2-c2ccccc21. The van der Waals surface area contributed by atoms with Crippen LogP contribution in [0.4, 0.5) is 0 Å². The Labute approximate surface area is 469 Å². The van der Waals surface area contributed by atoms with Gasteiger partial charge in [-0.2, -0.15) is 0 Å². The van der Waals surface area contributed by atoms with E-state index in [1.54, 1.807) is 0 Å². The maximum absolute atomic E-state index is 13.3. The molecule has 0 aliphatic heterocycles. The summed E-state index contributed by atoms with van der Waals surface area (Å²) in [7, 11) is 0. The molecule has 0 saturated carbocycles. The number of rotatable bonds is 8. The molecule has 16 rings (SSSR count). The monoisotopic (exact) mass is 1040 g/mol. The van der Waals surface area contributed by atoms with E-state index in [-0.39, 0.29) is 0 Å². The molecule has 12 aromatic carbocycles. The molecule has 4 aliphatic carbocycles. The Bertz CT molecular complexity index is 4450. The average Bonchev–Trinajstić information content (AvgIpc) is 3.44. The fraction of sp³-hybridized carbons (Fsp3) is 0.0526. The Morgan fingerprint density at radius 1 is 0.210 bits per heavy atom. The predicted octanol–water partition coefficient (Wildman–Crippen LogP) is 15.9. The molecule has 4 N–H and O–H groups in total. The van der Waals surface area contributed by atoms with Crippen molar-refractivity contribution in [2.45, 2.75) is 22.4 Å². The zero-order valence-electron chi connectivity index (χ0n) is 43.8. The van der Waals surface area contributed by atoms with Crippen LogP contribution in [0.5, 0.6) is 11.5 Å². The summed E-state index contributed by atoms with van der Waals surface area (Å²) in [6.45, 7) is 0. The molecule has 0 radical (unpaired) electrons. The minimum Gasteiger partial charge on any atom is -0.457 e. The topological polar surface area (TPSA) is 90.2 Å². The molecule has 0 heterocycles. The first kappa shape index (κ1) is 47.3. The number of benzene rings is 12. The molecule has 0 spiro atoms. The molecule has 0 aromatic heterocycles. The normalized spacial score (nSPS) is 17.7. The van der Waals surface area contributed by atoms with Crippen molar-refractivity contribution in [2.75, 3.05) is 0 Å². The zero-order chi connectivity index (χ0) is 54.2. The maximum atomic E-state index is 13.3. The van der Waals surface area contributed by atoms with Crippen molar-refractivity contribution in [1.82, 2.24) is 0 Å². The van der Waals surface area contributed by atoms with Gasteiger partial charge in [-0.1, -0.05) is 249 Å². The van der Waals surface area contributed by atoms with Gasteiger partial charge in [-0.25, -0.2) is 0 Å². The van der Waals surface area contributed by atoms with Crippen LogP contribution in [0.2, 0.25) is 0 Å². The first-order valence-corrected chi connectivity index (χ1v) is 27.5. The molecule has 12 aromatic rings. The molecule has 0 amide bonds. The van der Waals surface area contributed by atoms with Gasteiger partial charge in [0.25, 0.3) is 0 Å². The summed E-state index contributed by atoms with van der Waals surface area (Å²) in [5.41, 5.74) is 16.3. The van der Waals surface area contributed by atoms with E-state index in [9.17, 15) is 20.4 Å². The average molecular weight is 1040 g/mol. The molecule has 5 heteroatoms. The summed E-state index contributed by atoms with van der Waals surface area (Å²) in [6, 6.07) is 92.7. The number of hydrogen-bond acceptors (Lipinski definition) is 5. The van der Waals surface area contributed by atoms with Gasteiger partial charge < -0.3 is 25.2 Å². The van der Waals surface area contributed by atoms with Gasteiger partial charge in [-0.15, -0.1) is 0 Å². The lowest BCUT2D eigenvalue weighted by molar-refractivity contribution is 0.130. The van der Waals surface area contributed by atoms with Crippen molar-refractivity contribution in [3.05, 3.63) is 346 Å². The molecule has 384 valence electrons. The Balaban J connectivity index is 0.693. The highest BCUT2D eigenvalue weighted by Crippen LogP contribution is 2.58. The fourth-order valence-electron chi connectivity index (χ4n) is 14.1. The number of ether oxygens (including phenoxy) is 1. The van der Waals surface area contributed by atoms with E-state index >= 15 is 0 Å². The lowest BCUT2D eigenvalue weighted by Crippen LogP contribution is -2.26. The van der Waals surface area contributed by atoms with Crippen molar-refractivity contribution in [3.8, 4) is 78.3 Å². The van der Waals surface area contributed by atoms with Crippen LogP contribution in [0.25, 0.3) is 66.8 Å². The van der Waals surface area contributed by atoms with Crippen molar-refractivity contribution in [3.63, 3.8) is 0 Å². The van der Waals surface area contributed by atoms with Crippen LogP contribution in [0.3, 0.4) is 0 Å². The third-order valence-corrected chi connectivity index (χ3v) is 17.9. The Morgan fingerprint density at radius 2 is 0.481 bits per heavy atom. The summed E-state index contributed by atoms with van der Waals surface area (Å²) in [4.78, 5) is 0. The van der Waals surface area contributed by atoms with Crippen LogP contribution in [0.15, 0.2) is 279 Å². The van der Waals surface area contributed by atoms with E-state index in [4.69, 9.17) is 4.74 Å². The second-order valence-electron chi connectivity index (χ2n) is 21.9. The van der Waals surface area contributed by atoms with Crippen LogP contribution in [-0.4, -0.2) is 20.4 Å².